The smallest absolute Gasteiger partial charge is 0.205 e. The van der Waals surface area contributed by atoms with Crippen LogP contribution >= 0.6 is 0 Å². The largest absolute Gasteiger partial charge is 0.496 e. The molecule has 0 radical (unpaired) electrons. The van der Waals surface area contributed by atoms with E-state index in [1.807, 2.05) is 52.9 Å². The van der Waals surface area contributed by atoms with Crippen molar-refractivity contribution in [2.45, 2.75) is 0 Å². The van der Waals surface area contributed by atoms with Gasteiger partial charge in [-0.15, -0.1) is 10.2 Å². The van der Waals surface area contributed by atoms with Gasteiger partial charge in [0.25, 0.3) is 0 Å². The number of para-hydroxylation sites is 3. The first-order valence-electron chi connectivity index (χ1n) is 7.37. The molecule has 2 aromatic carbocycles. The van der Waals surface area contributed by atoms with Crippen LogP contribution in [0.5, 0.6) is 5.75 Å². The molecular formula is C17H14N6O. The molecule has 24 heavy (non-hydrogen) atoms. The van der Waals surface area contributed by atoms with Gasteiger partial charge in [0.15, 0.2) is 5.82 Å². The van der Waals surface area contributed by atoms with Crippen molar-refractivity contribution in [1.82, 2.24) is 19.6 Å². The molecule has 4 aromatic rings. The van der Waals surface area contributed by atoms with Crippen LogP contribution in [0.3, 0.4) is 0 Å². The van der Waals surface area contributed by atoms with Gasteiger partial charge in [-0.3, -0.25) is 9.83 Å². The Hall–Kier alpha value is -3.48. The zero-order valence-corrected chi connectivity index (χ0v) is 12.9. The fraction of sp³-hybridized carbons (Fsp3) is 0.0588. The third kappa shape index (κ3) is 2.41. The summed E-state index contributed by atoms with van der Waals surface area (Å²) in [5, 5.41) is 12.3. The second kappa shape index (κ2) is 5.96. The Labute approximate surface area is 137 Å². The van der Waals surface area contributed by atoms with Gasteiger partial charge in [0.2, 0.25) is 5.65 Å². The van der Waals surface area contributed by atoms with E-state index in [1.165, 1.54) is 0 Å². The monoisotopic (exact) mass is 318 g/mol. The van der Waals surface area contributed by atoms with Crippen molar-refractivity contribution < 1.29 is 4.74 Å². The highest BCUT2D eigenvalue weighted by molar-refractivity contribution is 5.85. The maximum atomic E-state index is 5.30. The summed E-state index contributed by atoms with van der Waals surface area (Å²) < 4.78 is 7.18. The molecule has 118 valence electrons. The van der Waals surface area contributed by atoms with E-state index in [0.29, 0.717) is 11.5 Å². The number of nitrogens with zero attached hydrogens (tertiary/aromatic N) is 5. The number of hydrogen-bond donors (Lipinski definition) is 1. The van der Waals surface area contributed by atoms with Crippen molar-refractivity contribution in [1.29, 1.82) is 0 Å². The quantitative estimate of drug-likeness (QED) is 0.462. The summed E-state index contributed by atoms with van der Waals surface area (Å²) in [4.78, 5) is 4.57. The Balaban J connectivity index is 1.71. The maximum Gasteiger partial charge on any atom is 0.205 e. The molecule has 2 heterocycles. The second-order valence-electron chi connectivity index (χ2n) is 5.09. The highest BCUT2D eigenvalue weighted by Crippen LogP contribution is 2.20. The van der Waals surface area contributed by atoms with Crippen molar-refractivity contribution in [3.05, 3.63) is 60.4 Å². The van der Waals surface area contributed by atoms with Gasteiger partial charge in [0, 0.05) is 5.56 Å². The van der Waals surface area contributed by atoms with Crippen LogP contribution in [-0.2, 0) is 0 Å². The van der Waals surface area contributed by atoms with E-state index in [-0.39, 0.29) is 0 Å². The van der Waals surface area contributed by atoms with E-state index < -0.39 is 0 Å². The molecule has 0 spiro atoms. The topological polar surface area (TPSA) is 76.7 Å². The fourth-order valence-corrected chi connectivity index (χ4v) is 2.52. The number of methoxy groups -OCH3 is 1. The molecule has 0 bridgehead atoms. The Morgan fingerprint density at radius 2 is 1.96 bits per heavy atom. The summed E-state index contributed by atoms with van der Waals surface area (Å²) in [5.41, 5.74) is 6.20. The molecule has 1 N–H and O–H groups in total. The summed E-state index contributed by atoms with van der Waals surface area (Å²) >= 11 is 0. The van der Waals surface area contributed by atoms with Crippen LogP contribution < -0.4 is 10.2 Å². The second-order valence-corrected chi connectivity index (χ2v) is 5.09. The average molecular weight is 318 g/mol. The molecule has 0 saturated heterocycles. The third-order valence-electron chi connectivity index (χ3n) is 3.65. The zero-order chi connectivity index (χ0) is 16.4. The fourth-order valence-electron chi connectivity index (χ4n) is 2.52. The molecule has 7 heteroatoms. The van der Waals surface area contributed by atoms with E-state index in [9.17, 15) is 0 Å². The lowest BCUT2D eigenvalue weighted by Crippen LogP contribution is -2.00. The van der Waals surface area contributed by atoms with Gasteiger partial charge in [-0.25, -0.2) is 4.98 Å². The molecule has 0 atom stereocenters. The molecule has 0 aliphatic carbocycles. The molecule has 0 saturated carbocycles. The van der Waals surface area contributed by atoms with E-state index >= 15 is 0 Å². The van der Waals surface area contributed by atoms with Crippen LogP contribution in [0.15, 0.2) is 60.0 Å². The number of rotatable bonds is 4. The Bertz CT molecular complexity index is 1040. The standard InChI is InChI=1S/C17H14N6O/c1-24-15-9-5-2-6-12(15)10-18-21-16-17-22-19-11-23(17)14-8-4-3-7-13(14)20-16/h2-11H,1H3,(H,20,21). The van der Waals surface area contributed by atoms with E-state index in [0.717, 1.165) is 22.3 Å². The van der Waals surface area contributed by atoms with Crippen LogP contribution in [0.4, 0.5) is 5.82 Å². The lowest BCUT2D eigenvalue weighted by atomic mass is 10.2. The average Bonchev–Trinajstić information content (AvgIpc) is 3.12. The first-order chi connectivity index (χ1) is 11.9. The summed E-state index contributed by atoms with van der Waals surface area (Å²) in [6.07, 6.45) is 3.34. The first kappa shape index (κ1) is 14.1. The summed E-state index contributed by atoms with van der Waals surface area (Å²) in [7, 11) is 1.63. The number of hydrazone groups is 1. The Morgan fingerprint density at radius 1 is 1.12 bits per heavy atom. The predicted molar refractivity (Wildman–Crippen MR) is 92.5 cm³/mol. The SMILES string of the molecule is COc1ccccc1C=NNc1nc2ccccc2n2cnnc12. The van der Waals surface area contributed by atoms with Gasteiger partial charge in [0.05, 0.1) is 24.4 Å². The Kier molecular flexibility index (Phi) is 3.51. The minimum absolute atomic E-state index is 0.539. The molecule has 0 amide bonds. The van der Waals surface area contributed by atoms with Crippen molar-refractivity contribution in [3.8, 4) is 5.75 Å². The van der Waals surface area contributed by atoms with Gasteiger partial charge >= 0.3 is 0 Å². The molecule has 0 unspecified atom stereocenters. The molecular weight excluding hydrogens is 304 g/mol. The van der Waals surface area contributed by atoms with Gasteiger partial charge in [-0.1, -0.05) is 24.3 Å². The van der Waals surface area contributed by atoms with Crippen molar-refractivity contribution in [2.75, 3.05) is 12.5 Å². The lowest BCUT2D eigenvalue weighted by molar-refractivity contribution is 0.414. The van der Waals surface area contributed by atoms with Crippen LogP contribution in [0.1, 0.15) is 5.56 Å². The maximum absolute atomic E-state index is 5.30. The number of aromatic nitrogens is 4. The van der Waals surface area contributed by atoms with Gasteiger partial charge < -0.3 is 4.74 Å². The summed E-state index contributed by atoms with van der Waals surface area (Å²) in [6.45, 7) is 0. The van der Waals surface area contributed by atoms with Crippen LogP contribution in [0, 0.1) is 0 Å². The molecule has 4 rings (SSSR count). The number of fused-ring (bicyclic) bond motifs is 3. The molecule has 0 aliphatic heterocycles. The first-order valence-corrected chi connectivity index (χ1v) is 7.37. The van der Waals surface area contributed by atoms with E-state index in [4.69, 9.17) is 4.74 Å². The number of benzene rings is 2. The highest BCUT2D eigenvalue weighted by Gasteiger charge is 2.09. The third-order valence-corrected chi connectivity index (χ3v) is 3.65. The normalized spacial score (nSPS) is 11.4. The molecule has 2 aromatic heterocycles. The van der Waals surface area contributed by atoms with E-state index in [2.05, 4.69) is 25.7 Å². The zero-order valence-electron chi connectivity index (χ0n) is 12.9. The molecule has 0 fully saturated rings. The van der Waals surface area contributed by atoms with Crippen molar-refractivity contribution >= 4 is 28.7 Å². The number of ether oxygens (including phenoxy) is 1. The van der Waals surface area contributed by atoms with Crippen molar-refractivity contribution in [2.24, 2.45) is 5.10 Å². The van der Waals surface area contributed by atoms with Gasteiger partial charge in [-0.05, 0) is 24.3 Å². The minimum Gasteiger partial charge on any atom is -0.496 e. The van der Waals surface area contributed by atoms with Crippen molar-refractivity contribution in [3.63, 3.8) is 0 Å². The minimum atomic E-state index is 0.539. The van der Waals surface area contributed by atoms with Crippen LogP contribution in [-0.4, -0.2) is 32.9 Å². The van der Waals surface area contributed by atoms with Crippen LogP contribution in [0.25, 0.3) is 16.7 Å². The number of nitrogens with one attached hydrogen (secondary N) is 1. The van der Waals surface area contributed by atoms with Crippen LogP contribution in [0.2, 0.25) is 0 Å². The number of hydrogen-bond acceptors (Lipinski definition) is 6. The Morgan fingerprint density at radius 3 is 2.88 bits per heavy atom. The van der Waals surface area contributed by atoms with Gasteiger partial charge in [-0.2, -0.15) is 5.10 Å². The number of anilines is 1. The van der Waals surface area contributed by atoms with E-state index in [1.54, 1.807) is 19.7 Å². The van der Waals surface area contributed by atoms with Gasteiger partial charge in [0.1, 0.15) is 12.1 Å². The lowest BCUT2D eigenvalue weighted by Gasteiger charge is -2.06. The summed E-state index contributed by atoms with van der Waals surface area (Å²) in [6, 6.07) is 15.4. The highest BCUT2D eigenvalue weighted by atomic mass is 16.5. The predicted octanol–water partition coefficient (Wildman–Crippen LogP) is 2.73. The summed E-state index contributed by atoms with van der Waals surface area (Å²) in [5.74, 6) is 1.29. The molecule has 0 aliphatic rings. The molecule has 7 nitrogen and oxygen atoms in total.